The van der Waals surface area contributed by atoms with Gasteiger partial charge in [-0.15, -0.1) is 0 Å². The first-order valence-electron chi connectivity index (χ1n) is 5.70. The van der Waals surface area contributed by atoms with Gasteiger partial charge in [0, 0.05) is 18.4 Å². The van der Waals surface area contributed by atoms with Gasteiger partial charge in [0.15, 0.2) is 11.6 Å². The van der Waals surface area contributed by atoms with Gasteiger partial charge >= 0.3 is 0 Å². The Labute approximate surface area is 105 Å². The van der Waals surface area contributed by atoms with Crippen LogP contribution in [-0.4, -0.2) is 24.2 Å². The lowest BCUT2D eigenvalue weighted by molar-refractivity contribution is -0.121. The number of carbonyl (C=O) groups is 1. The summed E-state index contributed by atoms with van der Waals surface area (Å²) in [6.45, 7) is 3.71. The lowest BCUT2D eigenvalue weighted by atomic mass is 9.84. The predicted octanol–water partition coefficient (Wildman–Crippen LogP) is 1.74. The first kappa shape index (κ1) is 14.6. The second-order valence-corrected chi connectivity index (χ2v) is 4.76. The van der Waals surface area contributed by atoms with Crippen molar-refractivity contribution in [3.8, 4) is 0 Å². The van der Waals surface area contributed by atoms with Crippen molar-refractivity contribution in [3.05, 3.63) is 35.4 Å². The third kappa shape index (κ3) is 3.77. The Bertz CT molecular complexity index is 433. The molecule has 0 fully saturated rings. The molecule has 0 aliphatic rings. The van der Waals surface area contributed by atoms with Gasteiger partial charge < -0.3 is 10.4 Å². The largest absolute Gasteiger partial charge is 0.396 e. The zero-order chi connectivity index (χ0) is 13.8. The van der Waals surface area contributed by atoms with Crippen molar-refractivity contribution in [3.63, 3.8) is 0 Å². The van der Waals surface area contributed by atoms with Crippen molar-refractivity contribution in [2.24, 2.45) is 0 Å². The minimum atomic E-state index is -0.901. The van der Waals surface area contributed by atoms with E-state index in [4.69, 9.17) is 5.11 Å². The molecule has 18 heavy (non-hydrogen) atoms. The fraction of sp³-hybridized carbons (Fsp3) is 0.462. The minimum absolute atomic E-state index is 0.0356. The number of rotatable bonds is 5. The molecule has 1 rings (SSSR count). The Hall–Kier alpha value is -1.49. The standard InChI is InChI=1S/C13H17F2NO2/c1-13(2,8-16-12(18)5-6-17)9-3-4-10(14)11(15)7-9/h3-4,7,17H,5-6,8H2,1-2H3,(H,16,18). The molecule has 0 unspecified atom stereocenters. The number of aliphatic hydroxyl groups excluding tert-OH is 1. The molecule has 0 bridgehead atoms. The second-order valence-electron chi connectivity index (χ2n) is 4.76. The monoisotopic (exact) mass is 257 g/mol. The summed E-state index contributed by atoms with van der Waals surface area (Å²) in [4.78, 5) is 11.2. The molecule has 3 nitrogen and oxygen atoms in total. The predicted molar refractivity (Wildman–Crippen MR) is 64.1 cm³/mol. The number of hydrogen-bond donors (Lipinski definition) is 2. The fourth-order valence-corrected chi connectivity index (χ4v) is 1.53. The van der Waals surface area contributed by atoms with Crippen molar-refractivity contribution in [2.45, 2.75) is 25.7 Å². The van der Waals surface area contributed by atoms with Gasteiger partial charge in [0.1, 0.15) is 0 Å². The Balaban J connectivity index is 2.73. The number of hydrogen-bond acceptors (Lipinski definition) is 2. The van der Waals surface area contributed by atoms with E-state index in [1.54, 1.807) is 0 Å². The zero-order valence-electron chi connectivity index (χ0n) is 10.5. The Morgan fingerprint density at radius 3 is 2.56 bits per heavy atom. The van der Waals surface area contributed by atoms with Crippen molar-refractivity contribution < 1.29 is 18.7 Å². The highest BCUT2D eigenvalue weighted by atomic mass is 19.2. The van der Waals surface area contributed by atoms with Gasteiger partial charge in [-0.1, -0.05) is 19.9 Å². The summed E-state index contributed by atoms with van der Waals surface area (Å²) in [5.74, 6) is -2.06. The van der Waals surface area contributed by atoms with Crippen molar-refractivity contribution in [1.82, 2.24) is 5.32 Å². The van der Waals surface area contributed by atoms with E-state index in [2.05, 4.69) is 5.32 Å². The van der Waals surface area contributed by atoms with Crippen LogP contribution in [0.15, 0.2) is 18.2 Å². The maximum atomic E-state index is 13.1. The van der Waals surface area contributed by atoms with E-state index in [1.807, 2.05) is 13.8 Å². The van der Waals surface area contributed by atoms with Gasteiger partial charge in [0.2, 0.25) is 5.91 Å². The molecule has 0 heterocycles. The molecule has 0 atom stereocenters. The molecule has 100 valence electrons. The summed E-state index contributed by atoms with van der Waals surface area (Å²) in [6.07, 6.45) is 0.0356. The average Bonchev–Trinajstić information content (AvgIpc) is 2.30. The maximum Gasteiger partial charge on any atom is 0.222 e. The summed E-state index contributed by atoms with van der Waals surface area (Å²) < 4.78 is 26.0. The Morgan fingerprint density at radius 2 is 2.00 bits per heavy atom. The molecule has 1 amide bonds. The average molecular weight is 257 g/mol. The smallest absolute Gasteiger partial charge is 0.222 e. The lowest BCUT2D eigenvalue weighted by Gasteiger charge is -2.25. The number of aliphatic hydroxyl groups is 1. The highest BCUT2D eigenvalue weighted by Gasteiger charge is 2.22. The van der Waals surface area contributed by atoms with Crippen LogP contribution in [0.25, 0.3) is 0 Å². The molecule has 0 radical (unpaired) electrons. The van der Waals surface area contributed by atoms with Crippen LogP contribution in [0, 0.1) is 11.6 Å². The molecule has 0 aliphatic heterocycles. The second kappa shape index (κ2) is 5.91. The Kier molecular flexibility index (Phi) is 4.78. The van der Waals surface area contributed by atoms with Gasteiger partial charge in [-0.3, -0.25) is 4.79 Å². The van der Waals surface area contributed by atoms with Crippen LogP contribution >= 0.6 is 0 Å². The highest BCUT2D eigenvalue weighted by Crippen LogP contribution is 2.23. The van der Waals surface area contributed by atoms with Crippen LogP contribution in [-0.2, 0) is 10.2 Å². The summed E-state index contributed by atoms with van der Waals surface area (Å²) >= 11 is 0. The van der Waals surface area contributed by atoms with E-state index in [-0.39, 0.29) is 25.5 Å². The molecule has 0 aliphatic carbocycles. The zero-order valence-corrected chi connectivity index (χ0v) is 10.5. The van der Waals surface area contributed by atoms with E-state index in [0.717, 1.165) is 12.1 Å². The molecule has 0 spiro atoms. The summed E-state index contributed by atoms with van der Waals surface area (Å²) in [5, 5.41) is 11.2. The van der Waals surface area contributed by atoms with Crippen molar-refractivity contribution >= 4 is 5.91 Å². The molecule has 0 saturated heterocycles. The lowest BCUT2D eigenvalue weighted by Crippen LogP contribution is -2.37. The maximum absolute atomic E-state index is 13.1. The SMILES string of the molecule is CC(C)(CNC(=O)CCO)c1ccc(F)c(F)c1. The van der Waals surface area contributed by atoms with Crippen LogP contribution in [0.4, 0.5) is 8.78 Å². The highest BCUT2D eigenvalue weighted by molar-refractivity contribution is 5.76. The number of amides is 1. The minimum Gasteiger partial charge on any atom is -0.396 e. The van der Waals surface area contributed by atoms with Crippen LogP contribution in [0.5, 0.6) is 0 Å². The molecule has 5 heteroatoms. The third-order valence-corrected chi connectivity index (χ3v) is 2.77. The molecule has 1 aromatic rings. The van der Waals surface area contributed by atoms with Crippen molar-refractivity contribution in [2.75, 3.05) is 13.2 Å². The van der Waals surface area contributed by atoms with Gasteiger partial charge in [0.05, 0.1) is 6.61 Å². The number of carbonyl (C=O) groups excluding carboxylic acids is 1. The molecular formula is C13H17F2NO2. The first-order valence-corrected chi connectivity index (χ1v) is 5.70. The quantitative estimate of drug-likeness (QED) is 0.844. The number of benzene rings is 1. The van der Waals surface area contributed by atoms with Crippen LogP contribution in [0.3, 0.4) is 0 Å². The van der Waals surface area contributed by atoms with Gasteiger partial charge in [-0.25, -0.2) is 8.78 Å². The summed E-state index contributed by atoms with van der Waals surface area (Å²) in [7, 11) is 0. The van der Waals surface area contributed by atoms with Gasteiger partial charge in [-0.05, 0) is 17.7 Å². The van der Waals surface area contributed by atoms with Gasteiger partial charge in [-0.2, -0.15) is 0 Å². The summed E-state index contributed by atoms with van der Waals surface area (Å²) in [5.41, 5.74) is 0.0883. The number of halogens is 2. The van der Waals surface area contributed by atoms with Crippen LogP contribution < -0.4 is 5.32 Å². The van der Waals surface area contributed by atoms with E-state index in [1.165, 1.54) is 6.07 Å². The van der Waals surface area contributed by atoms with Crippen molar-refractivity contribution in [1.29, 1.82) is 0 Å². The molecule has 1 aromatic carbocycles. The van der Waals surface area contributed by atoms with Crippen LogP contribution in [0.1, 0.15) is 25.8 Å². The molecule has 0 saturated carbocycles. The molecule has 0 aromatic heterocycles. The normalized spacial score (nSPS) is 11.4. The number of nitrogens with one attached hydrogen (secondary N) is 1. The van der Waals surface area contributed by atoms with Gasteiger partial charge in [0.25, 0.3) is 0 Å². The van der Waals surface area contributed by atoms with Crippen LogP contribution in [0.2, 0.25) is 0 Å². The van der Waals surface area contributed by atoms with E-state index in [0.29, 0.717) is 5.56 Å². The first-order chi connectivity index (χ1) is 8.36. The van der Waals surface area contributed by atoms with E-state index >= 15 is 0 Å². The molecule has 2 N–H and O–H groups in total. The third-order valence-electron chi connectivity index (χ3n) is 2.77. The van der Waals surface area contributed by atoms with E-state index < -0.39 is 17.0 Å². The summed E-state index contributed by atoms with van der Waals surface area (Å²) in [6, 6.07) is 3.70. The van der Waals surface area contributed by atoms with E-state index in [9.17, 15) is 13.6 Å². The topological polar surface area (TPSA) is 49.3 Å². The Morgan fingerprint density at radius 1 is 1.33 bits per heavy atom. The molecular weight excluding hydrogens is 240 g/mol. The fourth-order valence-electron chi connectivity index (χ4n) is 1.53.